The van der Waals surface area contributed by atoms with Crippen molar-refractivity contribution < 1.29 is 17.9 Å². The first-order chi connectivity index (χ1) is 11.7. The summed E-state index contributed by atoms with van der Waals surface area (Å²) in [4.78, 5) is 12.1. The zero-order valence-corrected chi connectivity index (χ0v) is 15.1. The predicted molar refractivity (Wildman–Crippen MR) is 96.0 cm³/mol. The van der Waals surface area contributed by atoms with Crippen molar-refractivity contribution in [3.8, 4) is 0 Å². The van der Waals surface area contributed by atoms with Gasteiger partial charge in [-0.15, -0.1) is 0 Å². The van der Waals surface area contributed by atoms with Crippen molar-refractivity contribution >= 4 is 45.3 Å². The van der Waals surface area contributed by atoms with Crippen LogP contribution in [0.25, 0.3) is 6.08 Å². The van der Waals surface area contributed by atoms with E-state index in [2.05, 4.69) is 0 Å². The van der Waals surface area contributed by atoms with Gasteiger partial charge in [-0.25, -0.2) is 18.4 Å². The summed E-state index contributed by atoms with van der Waals surface area (Å²) >= 11 is 12.1. The van der Waals surface area contributed by atoms with Gasteiger partial charge in [0, 0.05) is 15.6 Å². The first-order valence-corrected chi connectivity index (χ1v) is 9.52. The van der Waals surface area contributed by atoms with Crippen LogP contribution < -0.4 is 5.14 Å². The summed E-state index contributed by atoms with van der Waals surface area (Å²) in [5, 5.41) is 6.02. The molecule has 0 radical (unpaired) electrons. The first-order valence-electron chi connectivity index (χ1n) is 7.21. The lowest BCUT2D eigenvalue weighted by Gasteiger charge is -2.10. The maximum absolute atomic E-state index is 12.1. The second-order valence-electron chi connectivity index (χ2n) is 5.57. The maximum Gasteiger partial charge on any atom is 0.334 e. The molecule has 1 saturated heterocycles. The molecule has 2 N–H and O–H groups in total. The van der Waals surface area contributed by atoms with Gasteiger partial charge >= 0.3 is 5.97 Å². The Labute approximate surface area is 155 Å². The average Bonchev–Trinajstić information content (AvgIpc) is 2.87. The lowest BCUT2D eigenvalue weighted by atomic mass is 9.92. The third kappa shape index (κ3) is 4.04. The van der Waals surface area contributed by atoms with Crippen molar-refractivity contribution in [2.45, 2.75) is 10.8 Å². The first kappa shape index (κ1) is 17.9. The lowest BCUT2D eigenvalue weighted by Crippen LogP contribution is -2.11. The number of carbonyl (C=O) groups excluding carboxylic acids is 1. The van der Waals surface area contributed by atoms with E-state index in [1.807, 2.05) is 0 Å². The van der Waals surface area contributed by atoms with E-state index in [4.69, 9.17) is 33.1 Å². The molecule has 0 aromatic heterocycles. The van der Waals surface area contributed by atoms with Gasteiger partial charge in [-0.3, -0.25) is 0 Å². The molecule has 0 spiro atoms. The van der Waals surface area contributed by atoms with Gasteiger partial charge < -0.3 is 4.74 Å². The van der Waals surface area contributed by atoms with Crippen LogP contribution in [-0.2, 0) is 19.6 Å². The van der Waals surface area contributed by atoms with Crippen LogP contribution in [0.4, 0.5) is 0 Å². The molecule has 5 nitrogen and oxygen atoms in total. The second-order valence-corrected chi connectivity index (χ2v) is 8.00. The predicted octanol–water partition coefficient (Wildman–Crippen LogP) is 3.36. The van der Waals surface area contributed by atoms with Crippen molar-refractivity contribution in [2.75, 3.05) is 6.61 Å². The number of primary sulfonamides is 1. The van der Waals surface area contributed by atoms with Crippen LogP contribution in [0.5, 0.6) is 0 Å². The molecule has 0 aliphatic carbocycles. The van der Waals surface area contributed by atoms with Crippen molar-refractivity contribution in [1.29, 1.82) is 0 Å². The molecule has 0 amide bonds. The van der Waals surface area contributed by atoms with E-state index >= 15 is 0 Å². The fourth-order valence-electron chi connectivity index (χ4n) is 2.62. The summed E-state index contributed by atoms with van der Waals surface area (Å²) in [5.41, 5.74) is 1.87. The summed E-state index contributed by atoms with van der Waals surface area (Å²) < 4.78 is 27.8. The Morgan fingerprint density at radius 1 is 1.08 bits per heavy atom. The summed E-state index contributed by atoms with van der Waals surface area (Å²) in [6, 6.07) is 11.0. The molecule has 25 heavy (non-hydrogen) atoms. The molecule has 130 valence electrons. The molecule has 0 bridgehead atoms. The molecule has 1 fully saturated rings. The Bertz CT molecular complexity index is 948. The number of rotatable bonds is 3. The molecule has 1 unspecified atom stereocenters. The van der Waals surface area contributed by atoms with Gasteiger partial charge in [-0.2, -0.15) is 0 Å². The normalized spacial score (nSPS) is 19.2. The second kappa shape index (κ2) is 6.80. The number of carbonyl (C=O) groups is 1. The Kier molecular flexibility index (Phi) is 4.88. The molecule has 1 aliphatic heterocycles. The van der Waals surface area contributed by atoms with Crippen molar-refractivity contribution in [3.05, 3.63) is 69.2 Å². The molecule has 1 atom stereocenters. The number of halogens is 2. The van der Waals surface area contributed by atoms with Gasteiger partial charge in [0.05, 0.1) is 10.8 Å². The van der Waals surface area contributed by atoms with Gasteiger partial charge in [0.2, 0.25) is 10.0 Å². The van der Waals surface area contributed by atoms with Crippen LogP contribution in [-0.4, -0.2) is 21.0 Å². The van der Waals surface area contributed by atoms with Gasteiger partial charge in [-0.05, 0) is 47.5 Å². The SMILES string of the molecule is NS(=O)(=O)c1ccc(/C=C2\C(=O)OCC2c2cc(Cl)cc(Cl)c2)cc1. The largest absolute Gasteiger partial charge is 0.461 e. The van der Waals surface area contributed by atoms with E-state index in [0.717, 1.165) is 5.56 Å². The molecule has 1 aliphatic rings. The number of nitrogens with two attached hydrogens (primary N) is 1. The minimum Gasteiger partial charge on any atom is -0.461 e. The van der Waals surface area contributed by atoms with E-state index in [-0.39, 0.29) is 17.4 Å². The highest BCUT2D eigenvalue weighted by Gasteiger charge is 2.32. The molecular weight excluding hydrogens is 385 g/mol. The molecule has 8 heteroatoms. The molecule has 2 aromatic carbocycles. The van der Waals surface area contributed by atoms with Gasteiger partial charge in [-0.1, -0.05) is 35.3 Å². The smallest absolute Gasteiger partial charge is 0.334 e. The molecule has 1 heterocycles. The Hall–Kier alpha value is -1.86. The van der Waals surface area contributed by atoms with E-state index in [9.17, 15) is 13.2 Å². The lowest BCUT2D eigenvalue weighted by molar-refractivity contribution is -0.135. The summed E-state index contributed by atoms with van der Waals surface area (Å²) in [6.45, 7) is 0.191. The van der Waals surface area contributed by atoms with E-state index < -0.39 is 16.0 Å². The van der Waals surface area contributed by atoms with E-state index in [1.54, 1.807) is 36.4 Å². The Morgan fingerprint density at radius 2 is 1.68 bits per heavy atom. The summed E-state index contributed by atoms with van der Waals surface area (Å²) in [6.07, 6.45) is 1.65. The third-order valence-electron chi connectivity index (χ3n) is 3.81. The fraction of sp³-hybridized carbons (Fsp3) is 0.118. The van der Waals surface area contributed by atoms with Crippen LogP contribution in [0.1, 0.15) is 17.0 Å². The van der Waals surface area contributed by atoms with Crippen LogP contribution in [0.2, 0.25) is 10.0 Å². The highest BCUT2D eigenvalue weighted by molar-refractivity contribution is 7.89. The summed E-state index contributed by atoms with van der Waals surface area (Å²) in [7, 11) is -3.76. The molecule has 3 rings (SSSR count). The Balaban J connectivity index is 1.98. The number of ether oxygens (including phenoxy) is 1. The van der Waals surface area contributed by atoms with Crippen LogP contribution in [0.15, 0.2) is 52.9 Å². The highest BCUT2D eigenvalue weighted by atomic mass is 35.5. The van der Waals surface area contributed by atoms with Gasteiger partial charge in [0.1, 0.15) is 6.61 Å². The highest BCUT2D eigenvalue weighted by Crippen LogP contribution is 2.35. The van der Waals surface area contributed by atoms with Gasteiger partial charge in [0.25, 0.3) is 0 Å². The zero-order chi connectivity index (χ0) is 18.2. The minimum atomic E-state index is -3.76. The van der Waals surface area contributed by atoms with E-state index in [1.165, 1.54) is 12.1 Å². The number of sulfonamides is 1. The van der Waals surface area contributed by atoms with Gasteiger partial charge in [0.15, 0.2) is 0 Å². The number of benzene rings is 2. The monoisotopic (exact) mass is 397 g/mol. The molecular formula is C17H13Cl2NO4S. The average molecular weight is 398 g/mol. The van der Waals surface area contributed by atoms with Crippen molar-refractivity contribution in [1.82, 2.24) is 0 Å². The maximum atomic E-state index is 12.1. The molecule has 0 saturated carbocycles. The van der Waals surface area contributed by atoms with Crippen molar-refractivity contribution in [3.63, 3.8) is 0 Å². The standard InChI is InChI=1S/C17H13Cl2NO4S/c18-12-6-11(7-13(19)8-12)16-9-24-17(21)15(16)5-10-1-3-14(4-2-10)25(20,22)23/h1-8,16H,9H2,(H2,20,22,23)/b15-5-. The number of esters is 1. The fourth-order valence-corrected chi connectivity index (χ4v) is 3.68. The van der Waals surface area contributed by atoms with Crippen LogP contribution in [0.3, 0.4) is 0 Å². The number of cyclic esters (lactones) is 1. The topological polar surface area (TPSA) is 86.5 Å². The third-order valence-corrected chi connectivity index (χ3v) is 5.18. The van der Waals surface area contributed by atoms with E-state index in [0.29, 0.717) is 21.2 Å². The Morgan fingerprint density at radius 3 is 2.24 bits per heavy atom. The quantitative estimate of drug-likeness (QED) is 0.635. The number of hydrogen-bond acceptors (Lipinski definition) is 4. The summed E-state index contributed by atoms with van der Waals surface area (Å²) in [5.74, 6) is -0.738. The minimum absolute atomic E-state index is 0.00169. The number of hydrogen-bond donors (Lipinski definition) is 1. The van der Waals surface area contributed by atoms with Crippen molar-refractivity contribution in [2.24, 2.45) is 5.14 Å². The van der Waals surface area contributed by atoms with Crippen LogP contribution in [0, 0.1) is 0 Å². The molecule has 2 aromatic rings. The van der Waals surface area contributed by atoms with Crippen LogP contribution >= 0.6 is 23.2 Å². The zero-order valence-electron chi connectivity index (χ0n) is 12.8.